The van der Waals surface area contributed by atoms with Crippen LogP contribution in [0.5, 0.6) is 0 Å². The van der Waals surface area contributed by atoms with Crippen LogP contribution in [0.2, 0.25) is 0 Å². The van der Waals surface area contributed by atoms with E-state index >= 15 is 0 Å². The van der Waals surface area contributed by atoms with Crippen LogP contribution in [-0.2, 0) is 6.42 Å². The lowest BCUT2D eigenvalue weighted by atomic mass is 10.2. The van der Waals surface area contributed by atoms with Crippen LogP contribution in [0.25, 0.3) is 0 Å². The van der Waals surface area contributed by atoms with Gasteiger partial charge in [0.05, 0.1) is 0 Å². The largest absolute Gasteiger partial charge is 0.301 e. The van der Waals surface area contributed by atoms with Crippen molar-refractivity contribution in [1.29, 1.82) is 0 Å². The number of aromatic amines is 1. The lowest BCUT2D eigenvalue weighted by Gasteiger charge is -2.04. The van der Waals surface area contributed by atoms with Crippen molar-refractivity contribution in [3.05, 3.63) is 10.6 Å². The molecule has 0 aliphatic heterocycles. The molecule has 1 heterocycles. The van der Waals surface area contributed by atoms with Gasteiger partial charge in [-0.25, -0.2) is 0 Å². The van der Waals surface area contributed by atoms with Crippen molar-refractivity contribution in [2.24, 2.45) is 5.92 Å². The third-order valence-electron chi connectivity index (χ3n) is 3.13. The SMILES string of the molecule is CCCc1n[nH]c(=S)n1C1CC1CCC. The Bertz CT molecular complexity index is 379. The topological polar surface area (TPSA) is 33.6 Å². The van der Waals surface area contributed by atoms with E-state index < -0.39 is 0 Å². The average Bonchev–Trinajstić information content (AvgIpc) is 2.86. The van der Waals surface area contributed by atoms with Gasteiger partial charge in [-0.15, -0.1) is 0 Å². The Morgan fingerprint density at radius 3 is 2.93 bits per heavy atom. The van der Waals surface area contributed by atoms with E-state index in [9.17, 15) is 0 Å². The predicted octanol–water partition coefficient (Wildman–Crippen LogP) is 3.25. The Morgan fingerprint density at radius 2 is 2.27 bits per heavy atom. The van der Waals surface area contributed by atoms with E-state index in [2.05, 4.69) is 28.6 Å². The molecule has 0 radical (unpaired) electrons. The molecule has 2 unspecified atom stereocenters. The maximum atomic E-state index is 5.29. The van der Waals surface area contributed by atoms with Gasteiger partial charge in [0.2, 0.25) is 0 Å². The van der Waals surface area contributed by atoms with E-state index in [0.29, 0.717) is 6.04 Å². The Balaban J connectivity index is 2.14. The van der Waals surface area contributed by atoms with E-state index in [-0.39, 0.29) is 0 Å². The second kappa shape index (κ2) is 4.47. The number of rotatable bonds is 5. The molecule has 1 fully saturated rings. The quantitative estimate of drug-likeness (QED) is 0.780. The summed E-state index contributed by atoms with van der Waals surface area (Å²) in [5.74, 6) is 1.99. The Morgan fingerprint density at radius 1 is 1.47 bits per heavy atom. The first kappa shape index (κ1) is 10.9. The fraction of sp³-hybridized carbons (Fsp3) is 0.818. The molecule has 3 nitrogen and oxygen atoms in total. The molecular weight excluding hydrogens is 206 g/mol. The van der Waals surface area contributed by atoms with E-state index in [0.717, 1.165) is 29.4 Å². The number of hydrogen-bond acceptors (Lipinski definition) is 2. The van der Waals surface area contributed by atoms with Crippen LogP contribution in [0.4, 0.5) is 0 Å². The maximum Gasteiger partial charge on any atom is 0.195 e. The van der Waals surface area contributed by atoms with Gasteiger partial charge < -0.3 is 4.57 Å². The van der Waals surface area contributed by atoms with Crippen LogP contribution in [0.15, 0.2) is 0 Å². The minimum absolute atomic E-state index is 0.637. The number of nitrogens with zero attached hydrogens (tertiary/aromatic N) is 2. The molecular formula is C11H19N3S. The van der Waals surface area contributed by atoms with Gasteiger partial charge in [0.15, 0.2) is 4.77 Å². The summed E-state index contributed by atoms with van der Waals surface area (Å²) in [6, 6.07) is 0.637. The molecule has 4 heteroatoms. The van der Waals surface area contributed by atoms with Gasteiger partial charge in [-0.05, 0) is 37.4 Å². The van der Waals surface area contributed by atoms with Crippen molar-refractivity contribution in [2.75, 3.05) is 0 Å². The molecule has 0 bridgehead atoms. The third kappa shape index (κ3) is 2.14. The highest BCUT2D eigenvalue weighted by Crippen LogP contribution is 2.46. The standard InChI is InChI=1S/C11H19N3S/c1-3-5-8-7-9(8)14-10(6-4-2)12-13-11(14)15/h8-9H,3-7H2,1-2H3,(H,13,15). The molecule has 2 atom stereocenters. The molecule has 0 spiro atoms. The smallest absolute Gasteiger partial charge is 0.195 e. The monoisotopic (exact) mass is 225 g/mol. The Labute approximate surface area is 95.9 Å². The number of aryl methyl sites for hydroxylation is 1. The first-order chi connectivity index (χ1) is 7.27. The first-order valence-electron chi connectivity index (χ1n) is 5.93. The first-order valence-corrected chi connectivity index (χ1v) is 6.34. The molecule has 0 saturated heterocycles. The van der Waals surface area contributed by atoms with Crippen molar-refractivity contribution >= 4 is 12.2 Å². The lowest BCUT2D eigenvalue weighted by molar-refractivity contribution is 0.579. The van der Waals surface area contributed by atoms with Crippen LogP contribution in [0.1, 0.15) is 51.4 Å². The van der Waals surface area contributed by atoms with Gasteiger partial charge in [0.25, 0.3) is 0 Å². The second-order valence-electron chi connectivity index (χ2n) is 4.42. The zero-order valence-corrected chi connectivity index (χ0v) is 10.3. The van der Waals surface area contributed by atoms with Gasteiger partial charge in [0.1, 0.15) is 5.82 Å². The molecule has 0 aromatic carbocycles. The minimum atomic E-state index is 0.637. The number of aromatic nitrogens is 3. The normalized spacial score (nSPS) is 24.4. The summed E-state index contributed by atoms with van der Waals surface area (Å²) < 4.78 is 3.06. The maximum absolute atomic E-state index is 5.29. The number of hydrogen-bond donors (Lipinski definition) is 1. The molecule has 0 amide bonds. The van der Waals surface area contributed by atoms with Crippen molar-refractivity contribution < 1.29 is 0 Å². The zero-order valence-electron chi connectivity index (χ0n) is 9.49. The van der Waals surface area contributed by atoms with Gasteiger partial charge in [-0.2, -0.15) is 5.10 Å². The van der Waals surface area contributed by atoms with Gasteiger partial charge in [-0.3, -0.25) is 5.10 Å². The molecule has 1 N–H and O–H groups in total. The van der Waals surface area contributed by atoms with Crippen LogP contribution in [-0.4, -0.2) is 14.8 Å². The summed E-state index contributed by atoms with van der Waals surface area (Å²) in [5, 5.41) is 7.23. The zero-order chi connectivity index (χ0) is 10.8. The molecule has 2 rings (SSSR count). The molecule has 1 aliphatic carbocycles. The summed E-state index contributed by atoms with van der Waals surface area (Å²) in [6.07, 6.45) is 6.05. The summed E-state index contributed by atoms with van der Waals surface area (Å²) in [4.78, 5) is 0. The van der Waals surface area contributed by atoms with E-state index in [1.165, 1.54) is 19.3 Å². The van der Waals surface area contributed by atoms with Gasteiger partial charge >= 0.3 is 0 Å². The number of H-pyrrole nitrogens is 1. The Kier molecular flexibility index (Phi) is 3.24. The average molecular weight is 225 g/mol. The Hall–Kier alpha value is -0.640. The fourth-order valence-corrected chi connectivity index (χ4v) is 2.59. The van der Waals surface area contributed by atoms with E-state index in [4.69, 9.17) is 12.2 Å². The van der Waals surface area contributed by atoms with E-state index in [1.807, 2.05) is 0 Å². The lowest BCUT2D eigenvalue weighted by Crippen LogP contribution is -2.03. The highest BCUT2D eigenvalue weighted by Gasteiger charge is 2.39. The number of nitrogens with one attached hydrogen (secondary N) is 1. The second-order valence-corrected chi connectivity index (χ2v) is 4.80. The van der Waals surface area contributed by atoms with E-state index in [1.54, 1.807) is 0 Å². The van der Waals surface area contributed by atoms with Crippen molar-refractivity contribution in [3.63, 3.8) is 0 Å². The molecule has 1 aromatic rings. The summed E-state index contributed by atoms with van der Waals surface area (Å²) in [5.41, 5.74) is 0. The van der Waals surface area contributed by atoms with Crippen molar-refractivity contribution in [2.45, 2.75) is 52.0 Å². The minimum Gasteiger partial charge on any atom is -0.301 e. The van der Waals surface area contributed by atoms with Crippen LogP contribution < -0.4 is 0 Å². The third-order valence-corrected chi connectivity index (χ3v) is 3.42. The van der Waals surface area contributed by atoms with Gasteiger partial charge in [-0.1, -0.05) is 20.3 Å². The molecule has 84 valence electrons. The highest BCUT2D eigenvalue weighted by atomic mass is 32.1. The highest BCUT2D eigenvalue weighted by molar-refractivity contribution is 7.71. The van der Waals surface area contributed by atoms with Crippen LogP contribution in [0.3, 0.4) is 0 Å². The van der Waals surface area contributed by atoms with Crippen LogP contribution in [0, 0.1) is 10.7 Å². The van der Waals surface area contributed by atoms with Crippen molar-refractivity contribution in [1.82, 2.24) is 14.8 Å². The van der Waals surface area contributed by atoms with Crippen molar-refractivity contribution in [3.8, 4) is 0 Å². The predicted molar refractivity (Wildman–Crippen MR) is 63.5 cm³/mol. The molecule has 1 aliphatic rings. The summed E-state index contributed by atoms with van der Waals surface area (Å²) in [6.45, 7) is 4.43. The summed E-state index contributed by atoms with van der Waals surface area (Å²) >= 11 is 5.29. The molecule has 1 aromatic heterocycles. The fourth-order valence-electron chi connectivity index (χ4n) is 2.31. The van der Waals surface area contributed by atoms with Gasteiger partial charge in [0, 0.05) is 12.5 Å². The van der Waals surface area contributed by atoms with Crippen LogP contribution >= 0.6 is 12.2 Å². The molecule has 1 saturated carbocycles. The summed E-state index contributed by atoms with van der Waals surface area (Å²) in [7, 11) is 0. The molecule has 15 heavy (non-hydrogen) atoms.